The second-order valence-electron chi connectivity index (χ2n) is 6.33. The van der Waals surface area contributed by atoms with Gasteiger partial charge >= 0.3 is 5.97 Å². The summed E-state index contributed by atoms with van der Waals surface area (Å²) in [5, 5.41) is 13.2. The molecule has 1 aromatic carbocycles. The molecule has 9 heteroatoms. The maximum atomic E-state index is 12.3. The fourth-order valence-corrected chi connectivity index (χ4v) is 5.14. The number of carboxylic acid groups (broad SMARTS) is 1. The molecule has 142 valence electrons. The summed E-state index contributed by atoms with van der Waals surface area (Å²) in [5.74, 6) is -1.73. The fourth-order valence-electron chi connectivity index (χ4n) is 2.97. The molecule has 27 heavy (non-hydrogen) atoms. The van der Waals surface area contributed by atoms with Gasteiger partial charge < -0.3 is 15.3 Å². The second-order valence-corrected chi connectivity index (χ2v) is 8.27. The van der Waals surface area contributed by atoms with Crippen LogP contribution in [0.3, 0.4) is 0 Å². The quantitative estimate of drug-likeness (QED) is 0.716. The zero-order valence-corrected chi connectivity index (χ0v) is 16.3. The van der Waals surface area contributed by atoms with E-state index in [-0.39, 0.29) is 16.8 Å². The molecular formula is C18H18N2O5S2. The Hall–Kier alpha value is -2.26. The van der Waals surface area contributed by atoms with Gasteiger partial charge in [0, 0.05) is 18.2 Å². The number of carboxylic acids is 1. The van der Waals surface area contributed by atoms with E-state index in [0.29, 0.717) is 11.1 Å². The lowest BCUT2D eigenvalue weighted by Gasteiger charge is -2.51. The molecule has 3 rings (SSSR count). The monoisotopic (exact) mass is 406 g/mol. The maximum absolute atomic E-state index is 12.3. The molecule has 0 spiro atoms. The number of rotatable bonds is 5. The van der Waals surface area contributed by atoms with Crippen molar-refractivity contribution in [3.63, 3.8) is 0 Å². The first-order chi connectivity index (χ1) is 12.8. The van der Waals surface area contributed by atoms with E-state index in [1.165, 1.54) is 23.6 Å². The molecule has 1 saturated heterocycles. The number of hydrogen-bond donors (Lipinski definition) is 2. The van der Waals surface area contributed by atoms with Crippen LogP contribution in [0.4, 0.5) is 0 Å². The highest BCUT2D eigenvalue weighted by Crippen LogP contribution is 2.41. The average Bonchev–Trinajstić information content (AvgIpc) is 2.63. The Morgan fingerprint density at radius 3 is 2.52 bits per heavy atom. The standard InChI is InChI=1S/C18H18N2O5S2/c1-9-3-5-11(6-4-9)18(25)27-8-12-7-26-16-13(19-10(2)21)15(22)20(16)14(12)17(23)24/h3-7,13-14,16H,8H2,1-2H3,(H,19,21)(H,23,24)/t13?,14?,16-/m1/s1. The van der Waals surface area contributed by atoms with E-state index in [4.69, 9.17) is 0 Å². The lowest BCUT2D eigenvalue weighted by molar-refractivity contribution is -0.159. The lowest BCUT2D eigenvalue weighted by atomic mass is 9.99. The molecule has 2 unspecified atom stereocenters. The van der Waals surface area contributed by atoms with Gasteiger partial charge in [0.1, 0.15) is 11.4 Å². The van der Waals surface area contributed by atoms with E-state index >= 15 is 0 Å². The molecule has 0 aromatic heterocycles. The van der Waals surface area contributed by atoms with E-state index in [0.717, 1.165) is 17.3 Å². The molecule has 0 aliphatic carbocycles. The number of nitrogens with one attached hydrogen (secondary N) is 1. The van der Waals surface area contributed by atoms with Crippen LogP contribution in [0.25, 0.3) is 0 Å². The SMILES string of the molecule is CC(=O)NC1C(=O)N2C(C(=O)O)C(CSC(=O)c3ccc(C)cc3)=CS[C@H]12. The van der Waals surface area contributed by atoms with Crippen LogP contribution in [-0.4, -0.2) is 56.1 Å². The van der Waals surface area contributed by atoms with Gasteiger partial charge in [0.2, 0.25) is 16.9 Å². The second kappa shape index (κ2) is 7.77. The normalized spacial score (nSPS) is 23.8. The van der Waals surface area contributed by atoms with Gasteiger partial charge in [-0.05, 0) is 17.9 Å². The molecule has 2 heterocycles. The number of β-lactam (4-membered cyclic amide) rings is 1. The van der Waals surface area contributed by atoms with Gasteiger partial charge in [-0.25, -0.2) is 4.79 Å². The predicted molar refractivity (Wildman–Crippen MR) is 103 cm³/mol. The Morgan fingerprint density at radius 1 is 1.26 bits per heavy atom. The van der Waals surface area contributed by atoms with E-state index in [2.05, 4.69) is 5.32 Å². The van der Waals surface area contributed by atoms with E-state index in [9.17, 15) is 24.3 Å². The van der Waals surface area contributed by atoms with Gasteiger partial charge in [0.15, 0.2) is 6.04 Å². The molecule has 3 atom stereocenters. The van der Waals surface area contributed by atoms with Gasteiger partial charge in [0.05, 0.1) is 0 Å². The molecule has 7 nitrogen and oxygen atoms in total. The van der Waals surface area contributed by atoms with E-state index in [1.54, 1.807) is 17.5 Å². The Bertz CT molecular complexity index is 837. The zero-order valence-electron chi connectivity index (χ0n) is 14.7. The number of carbonyl (C=O) groups excluding carboxylic acids is 3. The molecule has 0 bridgehead atoms. The van der Waals surface area contributed by atoms with Gasteiger partial charge in [-0.2, -0.15) is 0 Å². The summed E-state index contributed by atoms with van der Waals surface area (Å²) >= 11 is 2.30. The summed E-state index contributed by atoms with van der Waals surface area (Å²) < 4.78 is 0. The largest absolute Gasteiger partial charge is 0.479 e. The molecule has 2 aliphatic rings. The number of carbonyl (C=O) groups is 4. The summed E-state index contributed by atoms with van der Waals surface area (Å²) in [6.07, 6.45) is 0. The van der Waals surface area contributed by atoms with Crippen molar-refractivity contribution in [1.82, 2.24) is 10.2 Å². The van der Waals surface area contributed by atoms with Crippen molar-refractivity contribution in [2.24, 2.45) is 0 Å². The van der Waals surface area contributed by atoms with Crippen molar-refractivity contribution in [2.45, 2.75) is 31.3 Å². The number of aliphatic carboxylic acids is 1. The number of hydrogen-bond acceptors (Lipinski definition) is 6. The third-order valence-corrected chi connectivity index (χ3v) is 6.51. The molecule has 1 fully saturated rings. The summed E-state index contributed by atoms with van der Waals surface area (Å²) in [4.78, 5) is 48.9. The van der Waals surface area contributed by atoms with Crippen LogP contribution in [0, 0.1) is 6.92 Å². The summed E-state index contributed by atoms with van der Waals surface area (Å²) in [6, 6.07) is 5.32. The highest BCUT2D eigenvalue weighted by atomic mass is 32.2. The van der Waals surface area contributed by atoms with Crippen LogP contribution >= 0.6 is 23.5 Å². The van der Waals surface area contributed by atoms with Crippen molar-refractivity contribution in [3.05, 3.63) is 46.4 Å². The minimum Gasteiger partial charge on any atom is -0.479 e. The summed E-state index contributed by atoms with van der Waals surface area (Å²) in [7, 11) is 0. The van der Waals surface area contributed by atoms with Crippen molar-refractivity contribution in [2.75, 3.05) is 5.75 Å². The topological polar surface area (TPSA) is 104 Å². The van der Waals surface area contributed by atoms with Crippen molar-refractivity contribution in [1.29, 1.82) is 0 Å². The third-order valence-electron chi connectivity index (χ3n) is 4.32. The summed E-state index contributed by atoms with van der Waals surface area (Å²) in [5.41, 5.74) is 2.08. The highest BCUT2D eigenvalue weighted by Gasteiger charge is 2.55. The van der Waals surface area contributed by atoms with Crippen molar-refractivity contribution in [3.8, 4) is 0 Å². The van der Waals surface area contributed by atoms with E-state index < -0.39 is 29.3 Å². The van der Waals surface area contributed by atoms with Crippen molar-refractivity contribution >= 4 is 46.4 Å². The number of amides is 2. The van der Waals surface area contributed by atoms with Gasteiger partial charge in [-0.15, -0.1) is 11.8 Å². The first-order valence-electron chi connectivity index (χ1n) is 8.20. The lowest BCUT2D eigenvalue weighted by Crippen LogP contribution is -2.73. The maximum Gasteiger partial charge on any atom is 0.330 e. The van der Waals surface area contributed by atoms with Crippen LogP contribution in [0.1, 0.15) is 22.8 Å². The molecule has 1 aromatic rings. The van der Waals surface area contributed by atoms with Crippen LogP contribution in [-0.2, 0) is 14.4 Å². The van der Waals surface area contributed by atoms with Gasteiger partial charge in [-0.1, -0.05) is 41.6 Å². The summed E-state index contributed by atoms with van der Waals surface area (Å²) in [6.45, 7) is 3.24. The number of nitrogens with zero attached hydrogens (tertiary/aromatic N) is 1. The Morgan fingerprint density at radius 2 is 1.93 bits per heavy atom. The predicted octanol–water partition coefficient (Wildman–Crippen LogP) is 1.63. The van der Waals surface area contributed by atoms with Crippen LogP contribution in [0.5, 0.6) is 0 Å². The average molecular weight is 406 g/mol. The Labute approximate surface area is 164 Å². The molecular weight excluding hydrogens is 388 g/mol. The smallest absolute Gasteiger partial charge is 0.330 e. The molecule has 2 N–H and O–H groups in total. The molecule has 2 aliphatic heterocycles. The third kappa shape index (κ3) is 3.89. The first-order valence-corrected chi connectivity index (χ1v) is 10.1. The van der Waals surface area contributed by atoms with Gasteiger partial charge in [-0.3, -0.25) is 14.4 Å². The van der Waals surface area contributed by atoms with Crippen molar-refractivity contribution < 1.29 is 24.3 Å². The van der Waals surface area contributed by atoms with Crippen LogP contribution in [0.15, 0.2) is 35.2 Å². The van der Waals surface area contributed by atoms with Crippen LogP contribution in [0.2, 0.25) is 0 Å². The number of aryl methyl sites for hydroxylation is 1. The Balaban J connectivity index is 1.71. The number of fused-ring (bicyclic) bond motifs is 1. The Kier molecular flexibility index (Phi) is 5.61. The molecule has 2 amide bonds. The first kappa shape index (κ1) is 19.5. The number of benzene rings is 1. The molecule has 0 saturated carbocycles. The zero-order chi connectivity index (χ0) is 19.7. The van der Waals surface area contributed by atoms with Crippen LogP contribution < -0.4 is 5.32 Å². The minimum absolute atomic E-state index is 0.154. The van der Waals surface area contributed by atoms with Gasteiger partial charge in [0.25, 0.3) is 0 Å². The van der Waals surface area contributed by atoms with E-state index in [1.807, 2.05) is 19.1 Å². The molecule has 0 radical (unpaired) electrons. The highest BCUT2D eigenvalue weighted by molar-refractivity contribution is 8.14. The number of thioether (sulfide) groups is 2. The minimum atomic E-state index is -1.15. The fraction of sp³-hybridized carbons (Fsp3) is 0.333.